The van der Waals surface area contributed by atoms with Crippen molar-refractivity contribution in [3.63, 3.8) is 0 Å². The molecule has 2 amide bonds. The molecule has 2 saturated carbocycles. The van der Waals surface area contributed by atoms with Gasteiger partial charge in [-0.25, -0.2) is 4.79 Å². The molecule has 8 nitrogen and oxygen atoms in total. The molecule has 1 saturated heterocycles. The molecule has 0 radical (unpaired) electrons. The van der Waals surface area contributed by atoms with Gasteiger partial charge in [0.1, 0.15) is 0 Å². The number of anilines is 1. The van der Waals surface area contributed by atoms with E-state index in [4.69, 9.17) is 5.26 Å². The van der Waals surface area contributed by atoms with E-state index in [0.717, 1.165) is 29.7 Å². The zero-order chi connectivity index (χ0) is 26.7. The Morgan fingerprint density at radius 1 is 1.11 bits per heavy atom. The third-order valence-electron chi connectivity index (χ3n) is 7.23. The largest absolute Gasteiger partial charge is 0.493 e. The van der Waals surface area contributed by atoms with Crippen molar-refractivity contribution in [2.45, 2.75) is 45.2 Å². The number of halogens is 3. The van der Waals surface area contributed by atoms with Crippen molar-refractivity contribution in [1.29, 1.82) is 5.26 Å². The highest BCUT2D eigenvalue weighted by Gasteiger charge is 2.44. The zero-order valence-corrected chi connectivity index (χ0v) is 20.5. The van der Waals surface area contributed by atoms with E-state index in [2.05, 4.69) is 21.9 Å². The molecule has 0 spiro atoms. The lowest BCUT2D eigenvalue weighted by atomic mass is 9.75. The number of amides is 2. The van der Waals surface area contributed by atoms with Crippen LogP contribution in [0, 0.1) is 36.0 Å². The van der Waals surface area contributed by atoms with Crippen molar-refractivity contribution in [2.75, 3.05) is 31.1 Å². The molecule has 2 atom stereocenters. The van der Waals surface area contributed by atoms with E-state index >= 15 is 0 Å². The van der Waals surface area contributed by atoms with Gasteiger partial charge in [-0.15, -0.1) is 0 Å². The minimum absolute atomic E-state index is 0.219. The SMILES string of the molecule is Cc1cc(C#N)ccc1N1CCN(C(=O)[C@H]2CCC(=CC3CC3)C[C@@H]2C(=O)NOC(=O)C(F)(F)F)CC1. The van der Waals surface area contributed by atoms with Gasteiger partial charge in [0.15, 0.2) is 0 Å². The van der Waals surface area contributed by atoms with E-state index in [0.29, 0.717) is 50.5 Å². The minimum atomic E-state index is -5.24. The van der Waals surface area contributed by atoms with Gasteiger partial charge in [0.05, 0.1) is 23.5 Å². The molecule has 198 valence electrons. The predicted octanol–water partition coefficient (Wildman–Crippen LogP) is 3.40. The maximum atomic E-state index is 13.5. The second-order valence-electron chi connectivity index (χ2n) is 9.90. The molecule has 37 heavy (non-hydrogen) atoms. The summed E-state index contributed by atoms with van der Waals surface area (Å²) in [7, 11) is 0. The maximum Gasteiger partial charge on any atom is 0.493 e. The second kappa shape index (κ2) is 10.8. The lowest BCUT2D eigenvalue weighted by Crippen LogP contribution is -2.53. The summed E-state index contributed by atoms with van der Waals surface area (Å²) in [4.78, 5) is 45.2. The Kier molecular flexibility index (Phi) is 7.76. The molecule has 3 aliphatic rings. The third-order valence-corrected chi connectivity index (χ3v) is 7.23. The first-order valence-corrected chi connectivity index (χ1v) is 12.4. The number of nitriles is 1. The minimum Gasteiger partial charge on any atom is -0.368 e. The summed E-state index contributed by atoms with van der Waals surface area (Å²) in [6.07, 6.45) is 0.276. The summed E-state index contributed by atoms with van der Waals surface area (Å²) in [6, 6.07) is 7.58. The molecular formula is C26H29F3N4O4. The number of hydrogen-bond donors (Lipinski definition) is 1. The molecule has 2 aliphatic carbocycles. The zero-order valence-electron chi connectivity index (χ0n) is 20.5. The molecule has 4 rings (SSSR count). The van der Waals surface area contributed by atoms with E-state index in [1.807, 2.05) is 19.1 Å². The number of piperazine rings is 1. The number of carbonyl (C=O) groups excluding carboxylic acids is 3. The van der Waals surface area contributed by atoms with Gasteiger partial charge in [0.25, 0.3) is 5.91 Å². The molecular weight excluding hydrogens is 489 g/mol. The number of benzene rings is 1. The van der Waals surface area contributed by atoms with E-state index in [1.54, 1.807) is 16.4 Å². The highest BCUT2D eigenvalue weighted by atomic mass is 19.4. The molecule has 1 aromatic rings. The Labute approximate surface area is 213 Å². The molecule has 1 heterocycles. The molecule has 3 fully saturated rings. The molecule has 1 N–H and O–H groups in total. The summed E-state index contributed by atoms with van der Waals surface area (Å²) >= 11 is 0. The fraction of sp³-hybridized carbons (Fsp3) is 0.538. The number of nitrogens with zero attached hydrogens (tertiary/aromatic N) is 3. The first-order chi connectivity index (χ1) is 17.6. The van der Waals surface area contributed by atoms with Crippen LogP contribution in [0.15, 0.2) is 29.8 Å². The van der Waals surface area contributed by atoms with Gasteiger partial charge >= 0.3 is 12.1 Å². The summed E-state index contributed by atoms with van der Waals surface area (Å²) in [5.41, 5.74) is 5.18. The number of alkyl halides is 3. The number of hydroxylamine groups is 1. The third kappa shape index (κ3) is 6.42. The first-order valence-electron chi connectivity index (χ1n) is 12.4. The van der Waals surface area contributed by atoms with Crippen molar-refractivity contribution >= 4 is 23.5 Å². The Hall–Kier alpha value is -3.55. The molecule has 1 aliphatic heterocycles. The standard InChI is InChI=1S/C26H29F3N4O4/c1-16-12-19(15-30)5-7-22(16)32-8-10-33(11-9-32)24(35)20-6-4-18(13-17-2-3-17)14-21(20)23(34)31-37-25(36)26(27,28)29/h5,7,12-13,17,20-21H,2-4,6,8-11,14H2,1H3,(H,31,34)/t20-,21-/m0/s1. The van der Waals surface area contributed by atoms with E-state index < -0.39 is 29.9 Å². The smallest absolute Gasteiger partial charge is 0.368 e. The number of aryl methyl sites for hydroxylation is 1. The van der Waals surface area contributed by atoms with E-state index in [1.165, 1.54) is 0 Å². The van der Waals surface area contributed by atoms with Gasteiger partial charge in [0, 0.05) is 31.9 Å². The van der Waals surface area contributed by atoms with Crippen LogP contribution in [0.25, 0.3) is 0 Å². The van der Waals surface area contributed by atoms with Crippen LogP contribution in [-0.2, 0) is 19.2 Å². The van der Waals surface area contributed by atoms with Crippen LogP contribution in [0.2, 0.25) is 0 Å². The normalized spacial score (nSPS) is 23.4. The van der Waals surface area contributed by atoms with Crippen molar-refractivity contribution in [3.8, 4) is 6.07 Å². The van der Waals surface area contributed by atoms with Gasteiger partial charge < -0.3 is 14.6 Å². The van der Waals surface area contributed by atoms with Gasteiger partial charge in [-0.3, -0.25) is 9.59 Å². The number of rotatable bonds is 4. The van der Waals surface area contributed by atoms with Gasteiger partial charge in [0.2, 0.25) is 5.91 Å². The summed E-state index contributed by atoms with van der Waals surface area (Å²) in [6.45, 7) is 3.92. The highest BCUT2D eigenvalue weighted by Crippen LogP contribution is 2.39. The molecule has 1 aromatic carbocycles. The molecule has 11 heteroatoms. The lowest BCUT2D eigenvalue weighted by Gasteiger charge is -2.40. The molecule has 0 aromatic heterocycles. The lowest BCUT2D eigenvalue weighted by molar-refractivity contribution is -0.208. The van der Waals surface area contributed by atoms with Crippen LogP contribution in [-0.4, -0.2) is 55.0 Å². The van der Waals surface area contributed by atoms with Gasteiger partial charge in [-0.1, -0.05) is 11.6 Å². The topological polar surface area (TPSA) is 103 Å². The van der Waals surface area contributed by atoms with E-state index in [-0.39, 0.29) is 12.3 Å². The average molecular weight is 519 g/mol. The monoisotopic (exact) mass is 518 g/mol. The fourth-order valence-corrected chi connectivity index (χ4v) is 5.10. The number of nitrogens with one attached hydrogen (secondary N) is 1. The molecule has 0 bridgehead atoms. The van der Waals surface area contributed by atoms with E-state index in [9.17, 15) is 27.6 Å². The first kappa shape index (κ1) is 26.5. The Bertz CT molecular complexity index is 1130. The predicted molar refractivity (Wildman–Crippen MR) is 127 cm³/mol. The van der Waals surface area contributed by atoms with Gasteiger partial charge in [-0.05, 0) is 68.7 Å². The van der Waals surface area contributed by atoms with Gasteiger partial charge in [-0.2, -0.15) is 23.9 Å². The number of allylic oxidation sites excluding steroid dienone is 2. The van der Waals surface area contributed by atoms with Crippen LogP contribution in [0.1, 0.15) is 43.2 Å². The van der Waals surface area contributed by atoms with Crippen molar-refractivity contribution < 1.29 is 32.4 Å². The Morgan fingerprint density at radius 2 is 1.81 bits per heavy atom. The quantitative estimate of drug-likeness (QED) is 0.484. The van der Waals surface area contributed by atoms with Crippen molar-refractivity contribution in [2.24, 2.45) is 17.8 Å². The van der Waals surface area contributed by atoms with Crippen LogP contribution in [0.5, 0.6) is 0 Å². The molecule has 0 unspecified atom stereocenters. The summed E-state index contributed by atoms with van der Waals surface area (Å²) in [5.74, 6) is -4.82. The second-order valence-corrected chi connectivity index (χ2v) is 9.90. The van der Waals surface area contributed by atoms with Crippen LogP contribution in [0.3, 0.4) is 0 Å². The Morgan fingerprint density at radius 3 is 2.41 bits per heavy atom. The van der Waals surface area contributed by atoms with Crippen LogP contribution < -0.4 is 10.4 Å². The fourth-order valence-electron chi connectivity index (χ4n) is 5.10. The Balaban J connectivity index is 1.42. The summed E-state index contributed by atoms with van der Waals surface area (Å²) in [5, 5.41) is 9.09. The number of hydrogen-bond acceptors (Lipinski definition) is 6. The van der Waals surface area contributed by atoms with Crippen molar-refractivity contribution in [3.05, 3.63) is 41.0 Å². The highest BCUT2D eigenvalue weighted by molar-refractivity contribution is 5.89. The summed E-state index contributed by atoms with van der Waals surface area (Å²) < 4.78 is 37.5. The van der Waals surface area contributed by atoms with Crippen LogP contribution in [0.4, 0.5) is 18.9 Å². The van der Waals surface area contributed by atoms with Crippen LogP contribution >= 0.6 is 0 Å². The van der Waals surface area contributed by atoms with Crippen molar-refractivity contribution in [1.82, 2.24) is 10.4 Å². The maximum absolute atomic E-state index is 13.5. The average Bonchev–Trinajstić information content (AvgIpc) is 3.70. The number of carbonyl (C=O) groups is 3.